The number of anilines is 2. The lowest BCUT2D eigenvalue weighted by Crippen LogP contribution is -2.61. The molecule has 4 rings (SSSR count). The number of carbonyl (C=O) groups is 1. The molecule has 6 heteroatoms. The topological polar surface area (TPSA) is 73.2 Å². The van der Waals surface area contributed by atoms with Gasteiger partial charge in [-0.15, -0.1) is 0 Å². The van der Waals surface area contributed by atoms with E-state index in [1.165, 1.54) is 0 Å². The molecule has 0 radical (unpaired) electrons. The van der Waals surface area contributed by atoms with E-state index in [0.717, 1.165) is 22.5 Å². The lowest BCUT2D eigenvalue weighted by molar-refractivity contribution is -0.135. The molecule has 0 saturated carbocycles. The van der Waals surface area contributed by atoms with E-state index in [1.54, 1.807) is 4.90 Å². The summed E-state index contributed by atoms with van der Waals surface area (Å²) in [6, 6.07) is 24.9. The molecule has 1 heterocycles. The zero-order valence-corrected chi connectivity index (χ0v) is 18.1. The molecule has 2 N–H and O–H groups in total. The highest BCUT2D eigenvalue weighted by Crippen LogP contribution is 2.41. The van der Waals surface area contributed by atoms with Crippen molar-refractivity contribution in [2.75, 3.05) is 36.1 Å². The minimum absolute atomic E-state index is 0.00701. The first-order valence-electron chi connectivity index (χ1n) is 10.8. The lowest BCUT2D eigenvalue weighted by Gasteiger charge is -2.46. The van der Waals surface area contributed by atoms with Crippen LogP contribution in [-0.2, 0) is 4.79 Å². The highest BCUT2D eigenvalue weighted by atomic mass is 16.5. The summed E-state index contributed by atoms with van der Waals surface area (Å²) < 4.78 is 6.09. The number of amides is 1. The molecule has 1 aliphatic heterocycles. The molecule has 1 amide bonds. The van der Waals surface area contributed by atoms with Crippen molar-refractivity contribution < 1.29 is 19.7 Å². The summed E-state index contributed by atoms with van der Waals surface area (Å²) >= 11 is 0. The Morgan fingerprint density at radius 1 is 0.875 bits per heavy atom. The number of hydrogen-bond donors (Lipinski definition) is 2. The maximum absolute atomic E-state index is 13.1. The Morgan fingerprint density at radius 2 is 1.50 bits per heavy atom. The number of β-lactam (4-membered cyclic amide) rings is 1. The number of rotatable bonds is 9. The molecule has 1 saturated heterocycles. The van der Waals surface area contributed by atoms with Crippen LogP contribution in [0.4, 0.5) is 11.4 Å². The average Bonchev–Trinajstić information content (AvgIpc) is 2.82. The summed E-state index contributed by atoms with van der Waals surface area (Å²) in [5.74, 6) is 0.585. The Balaban J connectivity index is 1.63. The summed E-state index contributed by atoms with van der Waals surface area (Å²) in [5, 5.41) is 18.6. The van der Waals surface area contributed by atoms with Gasteiger partial charge >= 0.3 is 0 Å². The summed E-state index contributed by atoms with van der Waals surface area (Å²) in [4.78, 5) is 16.8. The Hall–Kier alpha value is -3.35. The number of aliphatic hydroxyl groups is 2. The second-order valence-electron chi connectivity index (χ2n) is 7.87. The maximum Gasteiger partial charge on any atom is 0.271 e. The third-order valence-corrected chi connectivity index (χ3v) is 5.70. The Morgan fingerprint density at radius 3 is 2.09 bits per heavy atom. The molecule has 2 unspecified atom stereocenters. The van der Waals surface area contributed by atoms with Crippen LogP contribution < -0.4 is 14.5 Å². The van der Waals surface area contributed by atoms with Crippen LogP contribution in [0.25, 0.3) is 0 Å². The van der Waals surface area contributed by atoms with Crippen molar-refractivity contribution in [2.24, 2.45) is 0 Å². The number of benzene rings is 3. The zero-order chi connectivity index (χ0) is 22.5. The first-order chi connectivity index (χ1) is 15.6. The first kappa shape index (κ1) is 21.9. The molecule has 32 heavy (non-hydrogen) atoms. The number of hydrogen-bond acceptors (Lipinski definition) is 5. The number of ether oxygens (including phenoxy) is 1. The molecule has 1 aliphatic rings. The second-order valence-corrected chi connectivity index (χ2v) is 7.87. The number of carbonyl (C=O) groups excluding carboxylic acids is 1. The molecule has 0 bridgehead atoms. The van der Waals surface area contributed by atoms with Gasteiger partial charge in [-0.25, -0.2) is 0 Å². The summed E-state index contributed by atoms with van der Waals surface area (Å²) in [7, 11) is 0. The van der Waals surface area contributed by atoms with E-state index in [0.29, 0.717) is 18.8 Å². The van der Waals surface area contributed by atoms with Gasteiger partial charge in [-0.1, -0.05) is 48.0 Å². The number of aliphatic hydroxyl groups excluding tert-OH is 2. The van der Waals surface area contributed by atoms with Gasteiger partial charge in [0.15, 0.2) is 0 Å². The van der Waals surface area contributed by atoms with Crippen LogP contribution in [0.1, 0.15) is 17.2 Å². The maximum atomic E-state index is 13.1. The quantitative estimate of drug-likeness (QED) is 0.508. The molecule has 2 atom stereocenters. The van der Waals surface area contributed by atoms with Crippen LogP contribution >= 0.6 is 0 Å². The SMILES string of the molecule is Cc1ccc(N2C(=O)C(Oc3ccccc3)C2c2ccc(N(CCO)CCO)cc2)cc1. The van der Waals surface area contributed by atoms with E-state index in [9.17, 15) is 15.0 Å². The van der Waals surface area contributed by atoms with Gasteiger partial charge in [0.2, 0.25) is 6.10 Å². The summed E-state index contributed by atoms with van der Waals surface area (Å²) in [6.07, 6.45) is -0.615. The average molecular weight is 433 g/mol. The monoisotopic (exact) mass is 432 g/mol. The van der Waals surface area contributed by atoms with Crippen molar-refractivity contribution in [3.05, 3.63) is 90.0 Å². The minimum Gasteiger partial charge on any atom is -0.478 e. The molecule has 1 fully saturated rings. The number of aryl methyl sites for hydroxylation is 1. The largest absolute Gasteiger partial charge is 0.478 e. The van der Waals surface area contributed by atoms with Crippen LogP contribution in [0.2, 0.25) is 0 Å². The number of para-hydroxylation sites is 1. The van der Waals surface area contributed by atoms with Gasteiger partial charge in [-0.05, 0) is 48.9 Å². The van der Waals surface area contributed by atoms with Gasteiger partial charge in [0.25, 0.3) is 5.91 Å². The van der Waals surface area contributed by atoms with Gasteiger partial charge < -0.3 is 19.8 Å². The smallest absolute Gasteiger partial charge is 0.271 e. The third-order valence-electron chi connectivity index (χ3n) is 5.70. The molecule has 0 aliphatic carbocycles. The predicted molar refractivity (Wildman–Crippen MR) is 125 cm³/mol. The van der Waals surface area contributed by atoms with E-state index in [2.05, 4.69) is 0 Å². The minimum atomic E-state index is -0.615. The van der Waals surface area contributed by atoms with Crippen molar-refractivity contribution in [3.8, 4) is 5.75 Å². The van der Waals surface area contributed by atoms with Crippen molar-refractivity contribution in [1.29, 1.82) is 0 Å². The van der Waals surface area contributed by atoms with Gasteiger partial charge in [-0.2, -0.15) is 0 Å². The molecule has 6 nitrogen and oxygen atoms in total. The fraction of sp³-hybridized carbons (Fsp3) is 0.269. The van der Waals surface area contributed by atoms with Gasteiger partial charge in [0, 0.05) is 24.5 Å². The third kappa shape index (κ3) is 4.47. The Labute approximate surface area is 188 Å². The fourth-order valence-electron chi connectivity index (χ4n) is 4.03. The van der Waals surface area contributed by atoms with Crippen molar-refractivity contribution in [1.82, 2.24) is 0 Å². The van der Waals surface area contributed by atoms with E-state index >= 15 is 0 Å². The molecular weight excluding hydrogens is 404 g/mol. The van der Waals surface area contributed by atoms with Gasteiger partial charge in [0.05, 0.1) is 13.2 Å². The molecular formula is C26H28N2O4. The standard InChI is InChI=1S/C26H28N2O4/c1-19-7-11-22(12-8-19)28-24(25(26(28)31)32-23-5-3-2-4-6-23)20-9-13-21(14-10-20)27(15-17-29)16-18-30/h2-14,24-25,29-30H,15-18H2,1H3. The van der Waals surface area contributed by atoms with Crippen LogP contribution in [0, 0.1) is 6.92 Å². The van der Waals surface area contributed by atoms with Crippen LogP contribution in [0.5, 0.6) is 5.75 Å². The lowest BCUT2D eigenvalue weighted by atomic mass is 9.89. The summed E-state index contributed by atoms with van der Waals surface area (Å²) in [5.41, 5.74) is 3.84. The molecule has 3 aromatic carbocycles. The van der Waals surface area contributed by atoms with Gasteiger partial charge in [-0.3, -0.25) is 9.69 Å². The highest BCUT2D eigenvalue weighted by molar-refractivity contribution is 6.05. The highest BCUT2D eigenvalue weighted by Gasteiger charge is 2.51. The zero-order valence-electron chi connectivity index (χ0n) is 18.1. The summed E-state index contributed by atoms with van der Waals surface area (Å²) in [6.45, 7) is 2.91. The second kappa shape index (κ2) is 9.85. The normalized spacial score (nSPS) is 17.7. The Kier molecular flexibility index (Phi) is 6.73. The molecule has 0 aromatic heterocycles. The molecule has 166 valence electrons. The van der Waals surface area contributed by atoms with E-state index in [4.69, 9.17) is 4.74 Å². The van der Waals surface area contributed by atoms with E-state index in [1.807, 2.05) is 90.7 Å². The van der Waals surface area contributed by atoms with Crippen molar-refractivity contribution in [2.45, 2.75) is 19.1 Å². The van der Waals surface area contributed by atoms with E-state index < -0.39 is 6.10 Å². The fourth-order valence-corrected chi connectivity index (χ4v) is 4.03. The van der Waals surface area contributed by atoms with Gasteiger partial charge in [0.1, 0.15) is 11.8 Å². The molecule has 3 aromatic rings. The van der Waals surface area contributed by atoms with Crippen LogP contribution in [0.3, 0.4) is 0 Å². The Bertz CT molecular complexity index is 1020. The number of nitrogens with zero attached hydrogens (tertiary/aromatic N) is 2. The predicted octanol–water partition coefficient (Wildman–Crippen LogP) is 3.32. The molecule has 0 spiro atoms. The van der Waals surface area contributed by atoms with Crippen LogP contribution in [0.15, 0.2) is 78.9 Å². The van der Waals surface area contributed by atoms with Crippen molar-refractivity contribution in [3.63, 3.8) is 0 Å². The van der Waals surface area contributed by atoms with Crippen molar-refractivity contribution >= 4 is 17.3 Å². The van der Waals surface area contributed by atoms with E-state index in [-0.39, 0.29) is 25.2 Å². The van der Waals surface area contributed by atoms with Crippen LogP contribution in [-0.4, -0.2) is 48.5 Å². The first-order valence-corrected chi connectivity index (χ1v) is 10.8.